The molecular weight excluding hydrogens is 429 g/mol. The highest BCUT2D eigenvalue weighted by Gasteiger charge is 2.24. The predicted molar refractivity (Wildman–Crippen MR) is 116 cm³/mol. The smallest absolute Gasteiger partial charge is 0.328 e. The normalized spacial score (nSPS) is 11.5. The highest BCUT2D eigenvalue weighted by Crippen LogP contribution is 2.24. The van der Waals surface area contributed by atoms with Crippen LogP contribution in [0.1, 0.15) is 10.4 Å². The van der Waals surface area contributed by atoms with Crippen molar-refractivity contribution in [2.75, 3.05) is 11.9 Å². The number of hydrogen-bond donors (Lipinski definition) is 4. The Morgan fingerprint density at radius 2 is 1.57 bits per heavy atom. The van der Waals surface area contributed by atoms with E-state index in [1.165, 1.54) is 12.1 Å². The molecule has 3 rings (SSSR count). The Balaban J connectivity index is 1.61. The third-order valence-electron chi connectivity index (χ3n) is 4.27. The average molecular weight is 446 g/mol. The molecule has 9 heteroatoms. The zero-order valence-corrected chi connectivity index (χ0v) is 17.0. The minimum absolute atomic E-state index is 0.0345. The van der Waals surface area contributed by atoms with Crippen molar-refractivity contribution in [3.63, 3.8) is 0 Å². The summed E-state index contributed by atoms with van der Waals surface area (Å²) in [6.45, 7) is -0.345. The zero-order valence-electron chi connectivity index (χ0n) is 15.5. The summed E-state index contributed by atoms with van der Waals surface area (Å²) in [5.74, 6) is -2.08. The molecule has 0 aromatic heterocycles. The van der Waals surface area contributed by atoms with Gasteiger partial charge >= 0.3 is 12.0 Å². The van der Waals surface area contributed by atoms with E-state index in [4.69, 9.17) is 23.2 Å². The van der Waals surface area contributed by atoms with Crippen LogP contribution >= 0.6 is 23.2 Å². The van der Waals surface area contributed by atoms with Gasteiger partial charge in [-0.15, -0.1) is 0 Å². The maximum atomic E-state index is 12.4. The number of anilines is 1. The van der Waals surface area contributed by atoms with Gasteiger partial charge in [0.1, 0.15) is 6.04 Å². The van der Waals surface area contributed by atoms with E-state index in [9.17, 15) is 19.5 Å². The fraction of sp³-hybridized carbons (Fsp3) is 0.0952. The number of carbonyl (C=O) groups excluding carboxylic acids is 2. The third-order valence-corrected chi connectivity index (χ3v) is 4.90. The molecule has 3 aromatic carbocycles. The molecule has 3 aromatic rings. The van der Waals surface area contributed by atoms with Crippen molar-refractivity contribution < 1.29 is 19.5 Å². The van der Waals surface area contributed by atoms with Gasteiger partial charge in [0, 0.05) is 5.69 Å². The molecule has 0 heterocycles. The van der Waals surface area contributed by atoms with E-state index in [0.717, 1.165) is 10.8 Å². The number of fused-ring (bicyclic) bond motifs is 1. The van der Waals surface area contributed by atoms with Gasteiger partial charge in [0.2, 0.25) is 0 Å². The lowest BCUT2D eigenvalue weighted by Gasteiger charge is -2.17. The standard InChI is InChI=1S/C21H17Cl2N3O4/c22-15-6-3-7-16(23)18(15)19(27)26-17(20(28)29)11-24-21(30)25-14-9-8-12-4-1-2-5-13(12)10-14/h1-10,17H,11H2,(H,26,27)(H,28,29)(H2,24,25,30)/t17-/m0/s1. The van der Waals surface area contributed by atoms with Crippen LogP contribution in [0.15, 0.2) is 60.7 Å². The van der Waals surface area contributed by atoms with Gasteiger partial charge in [-0.1, -0.05) is 59.6 Å². The molecule has 0 aliphatic carbocycles. The van der Waals surface area contributed by atoms with Gasteiger partial charge in [0.15, 0.2) is 0 Å². The van der Waals surface area contributed by atoms with Crippen LogP contribution < -0.4 is 16.0 Å². The molecule has 0 saturated carbocycles. The molecule has 0 aliphatic heterocycles. The van der Waals surface area contributed by atoms with Crippen molar-refractivity contribution in [1.82, 2.24) is 10.6 Å². The van der Waals surface area contributed by atoms with Crippen molar-refractivity contribution in [3.8, 4) is 0 Å². The van der Waals surface area contributed by atoms with Crippen molar-refractivity contribution in [2.45, 2.75) is 6.04 Å². The summed E-state index contributed by atoms with van der Waals surface area (Å²) in [6.07, 6.45) is 0. The molecule has 0 aliphatic rings. The maximum Gasteiger partial charge on any atom is 0.328 e. The molecular formula is C21H17Cl2N3O4. The molecule has 0 unspecified atom stereocenters. The second-order valence-corrected chi connectivity index (χ2v) is 7.17. The first-order valence-electron chi connectivity index (χ1n) is 8.86. The summed E-state index contributed by atoms with van der Waals surface area (Å²) in [5, 5.41) is 18.9. The Kier molecular flexibility index (Phi) is 6.76. The van der Waals surface area contributed by atoms with Crippen LogP contribution in [-0.2, 0) is 4.79 Å². The fourth-order valence-corrected chi connectivity index (χ4v) is 3.35. The Labute approximate surface area is 182 Å². The van der Waals surface area contributed by atoms with Crippen molar-refractivity contribution in [1.29, 1.82) is 0 Å². The number of aliphatic carboxylic acids is 1. The first kappa shape index (κ1) is 21.4. The minimum Gasteiger partial charge on any atom is -0.480 e. The number of carbonyl (C=O) groups is 3. The highest BCUT2D eigenvalue weighted by molar-refractivity contribution is 6.39. The largest absolute Gasteiger partial charge is 0.480 e. The lowest BCUT2D eigenvalue weighted by Crippen LogP contribution is -2.49. The monoisotopic (exact) mass is 445 g/mol. The Hall–Kier alpha value is -3.29. The van der Waals surface area contributed by atoms with Gasteiger partial charge in [-0.3, -0.25) is 4.79 Å². The van der Waals surface area contributed by atoms with Crippen LogP contribution in [0.3, 0.4) is 0 Å². The van der Waals surface area contributed by atoms with Gasteiger partial charge in [0.25, 0.3) is 5.91 Å². The van der Waals surface area contributed by atoms with E-state index in [0.29, 0.717) is 5.69 Å². The summed E-state index contributed by atoms with van der Waals surface area (Å²) in [5.41, 5.74) is 0.512. The van der Waals surface area contributed by atoms with Crippen LogP contribution in [-0.4, -0.2) is 35.6 Å². The Morgan fingerprint density at radius 3 is 2.23 bits per heavy atom. The van der Waals surface area contributed by atoms with Crippen LogP contribution in [0.2, 0.25) is 10.0 Å². The van der Waals surface area contributed by atoms with E-state index in [1.807, 2.05) is 30.3 Å². The number of hydrogen-bond acceptors (Lipinski definition) is 3. The lowest BCUT2D eigenvalue weighted by atomic mass is 10.1. The number of benzene rings is 3. The van der Waals surface area contributed by atoms with Crippen LogP contribution in [0.25, 0.3) is 10.8 Å². The SMILES string of the molecule is O=C(NC[C@H](NC(=O)c1c(Cl)cccc1Cl)C(=O)O)Nc1ccc2ccccc2c1. The van der Waals surface area contributed by atoms with E-state index < -0.39 is 23.9 Å². The first-order valence-corrected chi connectivity index (χ1v) is 9.62. The molecule has 0 radical (unpaired) electrons. The summed E-state index contributed by atoms with van der Waals surface area (Å²) < 4.78 is 0. The molecule has 0 spiro atoms. The van der Waals surface area contributed by atoms with E-state index >= 15 is 0 Å². The summed E-state index contributed by atoms with van der Waals surface area (Å²) in [6, 6.07) is 15.6. The number of halogens is 2. The van der Waals surface area contributed by atoms with E-state index in [1.54, 1.807) is 18.2 Å². The summed E-state index contributed by atoms with van der Waals surface area (Å²) >= 11 is 11.9. The van der Waals surface area contributed by atoms with Gasteiger partial charge in [-0.2, -0.15) is 0 Å². The maximum absolute atomic E-state index is 12.4. The van der Waals surface area contributed by atoms with Crippen LogP contribution in [0, 0.1) is 0 Å². The number of rotatable bonds is 6. The van der Waals surface area contributed by atoms with Crippen molar-refractivity contribution >= 4 is 57.6 Å². The quantitative estimate of drug-likeness (QED) is 0.456. The fourth-order valence-electron chi connectivity index (χ4n) is 2.78. The molecule has 154 valence electrons. The molecule has 30 heavy (non-hydrogen) atoms. The summed E-state index contributed by atoms with van der Waals surface area (Å²) in [4.78, 5) is 36.1. The van der Waals surface area contributed by atoms with E-state index in [-0.39, 0.29) is 22.2 Å². The number of carboxylic acid groups (broad SMARTS) is 1. The van der Waals surface area contributed by atoms with Crippen LogP contribution in [0.5, 0.6) is 0 Å². The number of nitrogens with one attached hydrogen (secondary N) is 3. The van der Waals surface area contributed by atoms with Gasteiger partial charge in [0.05, 0.1) is 22.2 Å². The first-order chi connectivity index (χ1) is 14.3. The molecule has 4 N–H and O–H groups in total. The summed E-state index contributed by atoms with van der Waals surface area (Å²) in [7, 11) is 0. The Morgan fingerprint density at radius 1 is 0.900 bits per heavy atom. The van der Waals surface area contributed by atoms with Crippen molar-refractivity contribution in [2.24, 2.45) is 0 Å². The van der Waals surface area contributed by atoms with Gasteiger partial charge in [-0.05, 0) is 35.0 Å². The van der Waals surface area contributed by atoms with Crippen LogP contribution in [0.4, 0.5) is 10.5 Å². The number of urea groups is 1. The molecule has 0 saturated heterocycles. The predicted octanol–water partition coefficient (Wildman–Crippen LogP) is 4.15. The third kappa shape index (κ3) is 5.20. The topological polar surface area (TPSA) is 108 Å². The second-order valence-electron chi connectivity index (χ2n) is 6.36. The van der Waals surface area contributed by atoms with Gasteiger partial charge < -0.3 is 21.1 Å². The highest BCUT2D eigenvalue weighted by atomic mass is 35.5. The van der Waals surface area contributed by atoms with Crippen molar-refractivity contribution in [3.05, 3.63) is 76.3 Å². The molecule has 7 nitrogen and oxygen atoms in total. The molecule has 1 atom stereocenters. The lowest BCUT2D eigenvalue weighted by molar-refractivity contribution is -0.139. The second kappa shape index (κ2) is 9.47. The Bertz CT molecular complexity index is 1100. The molecule has 0 bridgehead atoms. The minimum atomic E-state index is -1.38. The molecule has 3 amide bonds. The van der Waals surface area contributed by atoms with E-state index in [2.05, 4.69) is 16.0 Å². The zero-order chi connectivity index (χ0) is 21.7. The number of amides is 3. The molecule has 0 fully saturated rings. The van der Waals surface area contributed by atoms with Gasteiger partial charge in [-0.25, -0.2) is 9.59 Å². The number of carboxylic acids is 1. The average Bonchev–Trinajstić information content (AvgIpc) is 2.70.